The summed E-state index contributed by atoms with van der Waals surface area (Å²) in [7, 11) is 0. The summed E-state index contributed by atoms with van der Waals surface area (Å²) < 4.78 is 22.8. The van der Waals surface area contributed by atoms with Gasteiger partial charge in [-0.05, 0) is 111 Å². The first kappa shape index (κ1) is 28.0. The third-order valence-corrected chi connectivity index (χ3v) is 4.43. The lowest BCUT2D eigenvalue weighted by Gasteiger charge is -2.26. The smallest absolute Gasteiger partial charge is 0.314 e. The van der Waals surface area contributed by atoms with Crippen LogP contribution in [0.4, 0.5) is 0 Å². The predicted octanol–water partition coefficient (Wildman–Crippen LogP) is 6.86. The van der Waals surface area contributed by atoms with E-state index in [1.54, 1.807) is 51.1 Å². The lowest BCUT2D eigenvalue weighted by molar-refractivity contribution is -0.159. The number of hydrogen-bond donors (Lipinski definition) is 0. The molecule has 35 heavy (non-hydrogen) atoms. The minimum absolute atomic E-state index is 0.178. The second-order valence-corrected chi connectivity index (χ2v) is 11.3. The van der Waals surface area contributed by atoms with E-state index in [2.05, 4.69) is 0 Å². The Morgan fingerprint density at radius 3 is 1.74 bits per heavy atom. The molecule has 0 atom stereocenters. The van der Waals surface area contributed by atoms with Crippen molar-refractivity contribution in [1.29, 1.82) is 0 Å². The summed E-state index contributed by atoms with van der Waals surface area (Å²) in [5, 5.41) is 0. The summed E-state index contributed by atoms with van der Waals surface area (Å²) in [6.45, 7) is 16.9. The van der Waals surface area contributed by atoms with Crippen molar-refractivity contribution in [3.05, 3.63) is 59.7 Å². The summed E-state index contributed by atoms with van der Waals surface area (Å²) in [6, 6.07) is 12.3. The van der Waals surface area contributed by atoms with Crippen LogP contribution in [-0.4, -0.2) is 29.7 Å². The van der Waals surface area contributed by atoms with E-state index in [9.17, 15) is 9.59 Å². The number of ether oxygens (including phenoxy) is 4. The number of carbonyl (C=O) groups is 2. The molecular weight excluding hydrogens is 444 g/mol. The Hall–Kier alpha value is -3.28. The fourth-order valence-electron chi connectivity index (χ4n) is 2.86. The average Bonchev–Trinajstić information content (AvgIpc) is 2.70. The van der Waals surface area contributed by atoms with E-state index >= 15 is 0 Å². The summed E-state index contributed by atoms with van der Waals surface area (Å²) in [4.78, 5) is 24.7. The van der Waals surface area contributed by atoms with Gasteiger partial charge in [-0.2, -0.15) is 0 Å². The van der Waals surface area contributed by atoms with Gasteiger partial charge in [0, 0.05) is 5.56 Å². The van der Waals surface area contributed by atoms with Gasteiger partial charge in [-0.15, -0.1) is 0 Å². The van der Waals surface area contributed by atoms with Crippen molar-refractivity contribution in [2.24, 2.45) is 5.41 Å². The van der Waals surface area contributed by atoms with E-state index < -0.39 is 16.6 Å². The van der Waals surface area contributed by atoms with Crippen molar-refractivity contribution in [3.8, 4) is 17.2 Å². The van der Waals surface area contributed by atoms with Crippen molar-refractivity contribution in [2.45, 2.75) is 73.5 Å². The van der Waals surface area contributed by atoms with Crippen LogP contribution in [0, 0.1) is 5.41 Å². The predicted molar refractivity (Wildman–Crippen MR) is 138 cm³/mol. The highest BCUT2D eigenvalue weighted by molar-refractivity contribution is 6.07. The first-order chi connectivity index (χ1) is 16.0. The summed E-state index contributed by atoms with van der Waals surface area (Å²) >= 11 is 0. The average molecular weight is 483 g/mol. The van der Waals surface area contributed by atoms with Crippen LogP contribution in [0.15, 0.2) is 48.5 Å². The Balaban J connectivity index is 2.17. The molecule has 2 aromatic carbocycles. The number of ketones is 1. The van der Waals surface area contributed by atoms with Crippen LogP contribution in [0.25, 0.3) is 6.08 Å². The van der Waals surface area contributed by atoms with Crippen LogP contribution in [0.3, 0.4) is 0 Å². The molecule has 0 amide bonds. The fourth-order valence-corrected chi connectivity index (χ4v) is 2.86. The molecule has 0 fully saturated rings. The van der Waals surface area contributed by atoms with Gasteiger partial charge in [-0.1, -0.05) is 6.07 Å². The van der Waals surface area contributed by atoms with E-state index in [0.717, 1.165) is 0 Å². The molecule has 0 saturated heterocycles. The zero-order valence-corrected chi connectivity index (χ0v) is 22.4. The Labute approximate surface area is 209 Å². The number of hydrogen-bond acceptors (Lipinski definition) is 6. The largest absolute Gasteiger partial charge is 0.487 e. The number of carbonyl (C=O) groups excluding carboxylic acids is 2. The Bertz CT molecular complexity index is 1010. The molecule has 2 rings (SSSR count). The van der Waals surface area contributed by atoms with Crippen molar-refractivity contribution in [2.75, 3.05) is 6.79 Å². The Morgan fingerprint density at radius 1 is 0.771 bits per heavy atom. The molecule has 0 aliphatic carbocycles. The number of allylic oxidation sites excluding steroid dienone is 1. The van der Waals surface area contributed by atoms with Crippen LogP contribution in [0.1, 0.15) is 78.2 Å². The summed E-state index contributed by atoms with van der Waals surface area (Å²) in [5.41, 5.74) is -0.229. The molecule has 6 heteroatoms. The van der Waals surface area contributed by atoms with Gasteiger partial charge >= 0.3 is 5.97 Å². The van der Waals surface area contributed by atoms with Gasteiger partial charge in [0.25, 0.3) is 0 Å². The quantitative estimate of drug-likeness (QED) is 0.177. The van der Waals surface area contributed by atoms with Crippen molar-refractivity contribution >= 4 is 17.8 Å². The third-order valence-electron chi connectivity index (χ3n) is 4.43. The molecule has 0 spiro atoms. The van der Waals surface area contributed by atoms with Gasteiger partial charge in [-0.3, -0.25) is 9.59 Å². The monoisotopic (exact) mass is 482 g/mol. The van der Waals surface area contributed by atoms with Crippen molar-refractivity contribution in [3.63, 3.8) is 0 Å². The van der Waals surface area contributed by atoms with Gasteiger partial charge in [0.15, 0.2) is 5.78 Å². The Morgan fingerprint density at radius 2 is 1.29 bits per heavy atom. The van der Waals surface area contributed by atoms with Crippen LogP contribution >= 0.6 is 0 Å². The molecule has 0 aliphatic heterocycles. The summed E-state index contributed by atoms with van der Waals surface area (Å²) in [5.74, 6) is 1.24. The molecular formula is C29H38O6. The molecule has 6 nitrogen and oxygen atoms in total. The van der Waals surface area contributed by atoms with Crippen LogP contribution in [0.2, 0.25) is 0 Å². The highest BCUT2D eigenvalue weighted by Gasteiger charge is 2.23. The maximum Gasteiger partial charge on any atom is 0.314 e. The second-order valence-electron chi connectivity index (χ2n) is 11.3. The van der Waals surface area contributed by atoms with Crippen molar-refractivity contribution in [1.82, 2.24) is 0 Å². The highest BCUT2D eigenvalue weighted by Crippen LogP contribution is 2.34. The SMILES string of the molecule is CC(C)(C)Oc1cccc(OC(C)(C)C)c1C=CC(=O)c1ccc(OCOC(=O)C(C)(C)C)cc1. The van der Waals surface area contributed by atoms with E-state index in [1.807, 2.05) is 59.7 Å². The molecule has 2 aromatic rings. The highest BCUT2D eigenvalue weighted by atomic mass is 16.7. The van der Waals surface area contributed by atoms with Gasteiger partial charge in [0.1, 0.15) is 28.5 Å². The molecule has 0 heterocycles. The first-order valence-electron chi connectivity index (χ1n) is 11.7. The van der Waals surface area contributed by atoms with E-state index in [4.69, 9.17) is 18.9 Å². The molecule has 0 saturated carbocycles. The third kappa shape index (κ3) is 9.47. The molecule has 0 radical (unpaired) electrons. The van der Waals surface area contributed by atoms with Crippen molar-refractivity contribution < 1.29 is 28.5 Å². The molecule has 0 aromatic heterocycles. The lowest BCUT2D eigenvalue weighted by Crippen LogP contribution is -2.25. The van der Waals surface area contributed by atoms with E-state index in [0.29, 0.717) is 28.4 Å². The standard InChI is InChI=1S/C29H38O6/c1-27(2,3)26(31)33-19-32-21-15-13-20(14-16-21)23(30)18-17-22-24(34-28(4,5)6)11-10-12-25(22)35-29(7,8)9/h10-18H,19H2,1-9H3. The minimum atomic E-state index is -0.597. The normalized spacial score (nSPS) is 12.4. The summed E-state index contributed by atoms with van der Waals surface area (Å²) in [6.07, 6.45) is 3.22. The van der Waals surface area contributed by atoms with Crippen LogP contribution in [-0.2, 0) is 9.53 Å². The molecule has 0 unspecified atom stereocenters. The minimum Gasteiger partial charge on any atom is -0.487 e. The molecule has 0 aliphatic rings. The van der Waals surface area contributed by atoms with E-state index in [-0.39, 0.29) is 18.5 Å². The molecule has 190 valence electrons. The lowest BCUT2D eigenvalue weighted by atomic mass is 9.98. The number of esters is 1. The molecule has 0 bridgehead atoms. The topological polar surface area (TPSA) is 71.1 Å². The van der Waals surface area contributed by atoms with Gasteiger partial charge in [0.05, 0.1) is 11.0 Å². The van der Waals surface area contributed by atoms with E-state index in [1.165, 1.54) is 6.08 Å². The molecule has 0 N–H and O–H groups in total. The zero-order chi connectivity index (χ0) is 26.4. The first-order valence-corrected chi connectivity index (χ1v) is 11.7. The van der Waals surface area contributed by atoms with Gasteiger partial charge in [0.2, 0.25) is 6.79 Å². The fraction of sp³-hybridized carbons (Fsp3) is 0.448. The Kier molecular flexibility index (Phi) is 8.77. The zero-order valence-electron chi connectivity index (χ0n) is 22.4. The van der Waals surface area contributed by atoms with Gasteiger partial charge in [-0.25, -0.2) is 0 Å². The maximum atomic E-state index is 12.9. The second kappa shape index (κ2) is 11.0. The van der Waals surface area contributed by atoms with Crippen LogP contribution < -0.4 is 14.2 Å². The maximum absolute atomic E-state index is 12.9. The van der Waals surface area contributed by atoms with Crippen LogP contribution in [0.5, 0.6) is 17.2 Å². The van der Waals surface area contributed by atoms with Gasteiger partial charge < -0.3 is 18.9 Å². The number of benzene rings is 2. The number of rotatable bonds is 8.